The van der Waals surface area contributed by atoms with Gasteiger partial charge in [0.15, 0.2) is 0 Å². The Labute approximate surface area is 123 Å². The van der Waals surface area contributed by atoms with Crippen molar-refractivity contribution in [2.75, 3.05) is 6.54 Å². The van der Waals surface area contributed by atoms with E-state index in [1.807, 2.05) is 25.1 Å². The molecule has 0 aliphatic carbocycles. The van der Waals surface area contributed by atoms with Crippen LogP contribution in [0.2, 0.25) is 0 Å². The summed E-state index contributed by atoms with van der Waals surface area (Å²) in [6.45, 7) is 2.76. The zero-order chi connectivity index (χ0) is 15.2. The zero-order valence-corrected chi connectivity index (χ0v) is 11.8. The minimum Gasteiger partial charge on any atom is -0.312 e. The van der Waals surface area contributed by atoms with Crippen molar-refractivity contribution in [3.05, 3.63) is 70.3 Å². The van der Waals surface area contributed by atoms with Crippen molar-refractivity contribution in [1.82, 2.24) is 5.32 Å². The van der Waals surface area contributed by atoms with E-state index >= 15 is 0 Å². The standard InChI is InChI=1S/C17H16F2N2/c1-12-3-2-4-13(7-12)5-6-21-11-15-16(18)8-14(10-20)9-17(15)19/h2-4,7-9,21H,5-6,11H2,1H3. The molecule has 0 heterocycles. The van der Waals surface area contributed by atoms with Crippen LogP contribution in [-0.2, 0) is 13.0 Å². The van der Waals surface area contributed by atoms with Crippen LogP contribution in [0.4, 0.5) is 8.78 Å². The Bertz CT molecular complexity index is 652. The van der Waals surface area contributed by atoms with Crippen molar-refractivity contribution in [1.29, 1.82) is 5.26 Å². The molecule has 0 amide bonds. The molecule has 21 heavy (non-hydrogen) atoms. The van der Waals surface area contributed by atoms with Crippen LogP contribution >= 0.6 is 0 Å². The number of benzene rings is 2. The van der Waals surface area contributed by atoms with E-state index in [0.29, 0.717) is 6.54 Å². The van der Waals surface area contributed by atoms with Gasteiger partial charge >= 0.3 is 0 Å². The van der Waals surface area contributed by atoms with Gasteiger partial charge in [-0.3, -0.25) is 0 Å². The van der Waals surface area contributed by atoms with Crippen molar-refractivity contribution in [3.63, 3.8) is 0 Å². The van der Waals surface area contributed by atoms with Crippen LogP contribution in [0.25, 0.3) is 0 Å². The number of rotatable bonds is 5. The summed E-state index contributed by atoms with van der Waals surface area (Å²) in [5, 5.41) is 11.7. The van der Waals surface area contributed by atoms with Gasteiger partial charge in [-0.25, -0.2) is 8.78 Å². The molecular formula is C17H16F2N2. The van der Waals surface area contributed by atoms with Gasteiger partial charge in [-0.1, -0.05) is 29.8 Å². The van der Waals surface area contributed by atoms with Gasteiger partial charge in [0.05, 0.1) is 11.6 Å². The lowest BCUT2D eigenvalue weighted by atomic mass is 10.1. The first kappa shape index (κ1) is 15.1. The lowest BCUT2D eigenvalue weighted by Crippen LogP contribution is -2.18. The summed E-state index contributed by atoms with van der Waals surface area (Å²) in [5.74, 6) is -1.37. The average molecular weight is 286 g/mol. The molecule has 2 aromatic carbocycles. The van der Waals surface area contributed by atoms with E-state index in [1.165, 1.54) is 11.1 Å². The molecule has 2 aromatic rings. The zero-order valence-electron chi connectivity index (χ0n) is 11.8. The molecule has 0 saturated carbocycles. The first-order valence-electron chi connectivity index (χ1n) is 6.74. The van der Waals surface area contributed by atoms with Gasteiger partial charge in [0.2, 0.25) is 0 Å². The number of nitriles is 1. The molecule has 0 aliphatic rings. The van der Waals surface area contributed by atoms with Crippen molar-refractivity contribution in [2.45, 2.75) is 19.9 Å². The largest absolute Gasteiger partial charge is 0.312 e. The Kier molecular flexibility index (Phi) is 5.02. The molecule has 108 valence electrons. The first-order chi connectivity index (χ1) is 10.1. The van der Waals surface area contributed by atoms with E-state index < -0.39 is 11.6 Å². The summed E-state index contributed by atoms with van der Waals surface area (Å²) >= 11 is 0. The maximum atomic E-state index is 13.7. The van der Waals surface area contributed by atoms with E-state index in [2.05, 4.69) is 11.4 Å². The van der Waals surface area contributed by atoms with Crippen molar-refractivity contribution in [2.24, 2.45) is 0 Å². The number of nitrogens with one attached hydrogen (secondary N) is 1. The molecule has 2 nitrogen and oxygen atoms in total. The summed E-state index contributed by atoms with van der Waals surface area (Å²) in [5.41, 5.74) is 2.34. The van der Waals surface area contributed by atoms with Gasteiger partial charge in [0.25, 0.3) is 0 Å². The van der Waals surface area contributed by atoms with Gasteiger partial charge in [-0.05, 0) is 37.6 Å². The highest BCUT2D eigenvalue weighted by Crippen LogP contribution is 2.15. The molecule has 2 rings (SSSR count). The van der Waals surface area contributed by atoms with Crippen LogP contribution in [-0.4, -0.2) is 6.54 Å². The fraction of sp³-hybridized carbons (Fsp3) is 0.235. The molecule has 0 atom stereocenters. The Hall–Kier alpha value is -2.25. The monoisotopic (exact) mass is 286 g/mol. The minimum absolute atomic E-state index is 0.00601. The third-order valence-electron chi connectivity index (χ3n) is 3.24. The maximum Gasteiger partial charge on any atom is 0.131 e. The molecule has 0 aliphatic heterocycles. The molecule has 0 fully saturated rings. The Balaban J connectivity index is 1.91. The number of nitrogens with zero attached hydrogens (tertiary/aromatic N) is 1. The highest BCUT2D eigenvalue weighted by Gasteiger charge is 2.10. The van der Waals surface area contributed by atoms with Crippen LogP contribution in [0.5, 0.6) is 0 Å². The summed E-state index contributed by atoms with van der Waals surface area (Å²) in [6.07, 6.45) is 0.793. The lowest BCUT2D eigenvalue weighted by molar-refractivity contribution is 0.535. The summed E-state index contributed by atoms with van der Waals surface area (Å²) in [7, 11) is 0. The SMILES string of the molecule is Cc1cccc(CCNCc2c(F)cc(C#N)cc2F)c1. The molecule has 0 bridgehead atoms. The van der Waals surface area contributed by atoms with Crippen LogP contribution in [0.1, 0.15) is 22.3 Å². The highest BCUT2D eigenvalue weighted by molar-refractivity contribution is 5.34. The molecule has 0 radical (unpaired) electrons. The fourth-order valence-corrected chi connectivity index (χ4v) is 2.15. The second kappa shape index (κ2) is 6.96. The molecule has 0 unspecified atom stereocenters. The number of hydrogen-bond donors (Lipinski definition) is 1. The van der Waals surface area contributed by atoms with Gasteiger partial charge in [-0.15, -0.1) is 0 Å². The average Bonchev–Trinajstić information content (AvgIpc) is 2.45. The third kappa shape index (κ3) is 4.11. The fourth-order valence-electron chi connectivity index (χ4n) is 2.15. The summed E-state index contributed by atoms with van der Waals surface area (Å²) in [4.78, 5) is 0. The Morgan fingerprint density at radius 2 is 1.86 bits per heavy atom. The molecule has 4 heteroatoms. The molecule has 0 aromatic heterocycles. The quantitative estimate of drug-likeness (QED) is 0.854. The van der Waals surface area contributed by atoms with E-state index in [1.54, 1.807) is 6.07 Å². The van der Waals surface area contributed by atoms with Crippen molar-refractivity contribution < 1.29 is 8.78 Å². The predicted molar refractivity (Wildman–Crippen MR) is 77.7 cm³/mol. The summed E-state index contributed by atoms with van der Waals surface area (Å²) < 4.78 is 27.3. The topological polar surface area (TPSA) is 35.8 Å². The normalized spacial score (nSPS) is 10.4. The van der Waals surface area contributed by atoms with Crippen molar-refractivity contribution >= 4 is 0 Å². The van der Waals surface area contributed by atoms with E-state index in [-0.39, 0.29) is 17.7 Å². The first-order valence-corrected chi connectivity index (χ1v) is 6.74. The van der Waals surface area contributed by atoms with Crippen LogP contribution in [0, 0.1) is 29.9 Å². The van der Waals surface area contributed by atoms with E-state index in [9.17, 15) is 8.78 Å². The van der Waals surface area contributed by atoms with Crippen LogP contribution in [0.15, 0.2) is 36.4 Å². The third-order valence-corrected chi connectivity index (χ3v) is 3.24. The lowest BCUT2D eigenvalue weighted by Gasteiger charge is -2.08. The van der Waals surface area contributed by atoms with Crippen molar-refractivity contribution in [3.8, 4) is 6.07 Å². The second-order valence-electron chi connectivity index (χ2n) is 4.95. The van der Waals surface area contributed by atoms with Crippen LogP contribution in [0.3, 0.4) is 0 Å². The Morgan fingerprint density at radius 3 is 2.48 bits per heavy atom. The number of halogens is 2. The predicted octanol–water partition coefficient (Wildman–Crippen LogP) is 3.48. The van der Waals surface area contributed by atoms with E-state index in [0.717, 1.165) is 18.6 Å². The Morgan fingerprint density at radius 1 is 1.14 bits per heavy atom. The molecular weight excluding hydrogens is 270 g/mol. The minimum atomic E-state index is -0.686. The van der Waals surface area contributed by atoms with E-state index in [4.69, 9.17) is 5.26 Å². The summed E-state index contributed by atoms with van der Waals surface area (Å²) in [6, 6.07) is 12.0. The van der Waals surface area contributed by atoms with Gasteiger partial charge in [0.1, 0.15) is 11.6 Å². The maximum absolute atomic E-state index is 13.7. The van der Waals surface area contributed by atoms with Gasteiger partial charge < -0.3 is 5.32 Å². The smallest absolute Gasteiger partial charge is 0.131 e. The highest BCUT2D eigenvalue weighted by atomic mass is 19.1. The molecule has 0 saturated heterocycles. The van der Waals surface area contributed by atoms with Gasteiger partial charge in [0, 0.05) is 12.1 Å². The van der Waals surface area contributed by atoms with Crippen LogP contribution < -0.4 is 5.32 Å². The number of aryl methyl sites for hydroxylation is 1. The molecule has 0 spiro atoms. The second-order valence-corrected chi connectivity index (χ2v) is 4.95. The van der Waals surface area contributed by atoms with Gasteiger partial charge in [-0.2, -0.15) is 5.26 Å². The number of hydrogen-bond acceptors (Lipinski definition) is 2. The molecule has 1 N–H and O–H groups in total.